The van der Waals surface area contributed by atoms with Gasteiger partial charge in [0.1, 0.15) is 5.82 Å². The number of aliphatic carboxylic acids is 1. The molecular formula is C32H36N4O4. The van der Waals surface area contributed by atoms with Crippen LogP contribution >= 0.6 is 0 Å². The fourth-order valence-electron chi connectivity index (χ4n) is 6.06. The van der Waals surface area contributed by atoms with Gasteiger partial charge < -0.3 is 19.5 Å². The van der Waals surface area contributed by atoms with Gasteiger partial charge in [-0.15, -0.1) is 0 Å². The Balaban J connectivity index is 1.56. The highest BCUT2D eigenvalue weighted by molar-refractivity contribution is 5.79. The molecule has 0 radical (unpaired) electrons. The Hall–Kier alpha value is -3.75. The lowest BCUT2D eigenvalue weighted by atomic mass is 9.93. The number of morpholine rings is 1. The van der Waals surface area contributed by atoms with E-state index in [9.17, 15) is 9.90 Å². The molecule has 0 amide bonds. The zero-order chi connectivity index (χ0) is 28.0. The fraction of sp³-hybridized carbons (Fsp3) is 0.406. The molecule has 6 rings (SSSR count). The van der Waals surface area contributed by atoms with E-state index < -0.39 is 17.7 Å². The summed E-state index contributed by atoms with van der Waals surface area (Å²) in [5, 5.41) is 15.5. The fourth-order valence-corrected chi connectivity index (χ4v) is 6.06. The van der Waals surface area contributed by atoms with Gasteiger partial charge in [-0.3, -0.25) is 0 Å². The lowest BCUT2D eigenvalue weighted by Gasteiger charge is -2.48. The van der Waals surface area contributed by atoms with Crippen molar-refractivity contribution >= 4 is 17.4 Å². The Bertz CT molecular complexity index is 1520. The molecule has 0 saturated carbocycles. The van der Waals surface area contributed by atoms with Gasteiger partial charge in [0.2, 0.25) is 0 Å². The normalized spacial score (nSPS) is 20.1. The minimum Gasteiger partial charge on any atom is -0.479 e. The number of nitrogens with zero attached hydrogens (tertiary/aromatic N) is 4. The quantitative estimate of drug-likeness (QED) is 0.317. The maximum Gasteiger partial charge on any atom is 0.337 e. The number of hydrogen-bond donors (Lipinski definition) is 1. The largest absolute Gasteiger partial charge is 0.479 e. The van der Waals surface area contributed by atoms with Crippen LogP contribution < -0.4 is 4.90 Å². The average Bonchev–Trinajstić information content (AvgIpc) is 3.34. The minimum absolute atomic E-state index is 0.134. The number of rotatable bonds is 6. The summed E-state index contributed by atoms with van der Waals surface area (Å²) >= 11 is 0. The van der Waals surface area contributed by atoms with Crippen LogP contribution in [-0.4, -0.2) is 56.6 Å². The Labute approximate surface area is 234 Å². The van der Waals surface area contributed by atoms with Crippen LogP contribution in [0.2, 0.25) is 0 Å². The number of anilines is 1. The van der Waals surface area contributed by atoms with Crippen LogP contribution in [0.4, 0.5) is 5.82 Å². The molecule has 2 fully saturated rings. The second-order valence-corrected chi connectivity index (χ2v) is 11.8. The van der Waals surface area contributed by atoms with E-state index >= 15 is 0 Å². The number of piperidine rings is 1. The monoisotopic (exact) mass is 540 g/mol. The molecule has 8 nitrogen and oxygen atoms in total. The summed E-state index contributed by atoms with van der Waals surface area (Å²) < 4.78 is 14.0. The first-order chi connectivity index (χ1) is 19.2. The molecule has 1 N–H and O–H groups in total. The number of hydrogen-bond acceptors (Lipinski definition) is 6. The summed E-state index contributed by atoms with van der Waals surface area (Å²) in [4.78, 5) is 20.0. The van der Waals surface area contributed by atoms with E-state index in [1.54, 1.807) is 0 Å². The molecule has 2 saturated heterocycles. The zero-order valence-electron chi connectivity index (χ0n) is 23.5. The number of fused-ring (bicyclic) bond motifs is 3. The summed E-state index contributed by atoms with van der Waals surface area (Å²) in [7, 11) is 0. The van der Waals surface area contributed by atoms with Crippen LogP contribution in [0.25, 0.3) is 28.0 Å². The topological polar surface area (TPSA) is 89.2 Å². The Morgan fingerprint density at radius 3 is 2.35 bits per heavy atom. The second-order valence-electron chi connectivity index (χ2n) is 11.8. The maximum atomic E-state index is 12.7. The Kier molecular flexibility index (Phi) is 6.84. The molecule has 8 heteroatoms. The van der Waals surface area contributed by atoms with Gasteiger partial charge >= 0.3 is 5.97 Å². The van der Waals surface area contributed by atoms with Crippen molar-refractivity contribution in [3.8, 4) is 22.4 Å². The molecule has 0 spiro atoms. The van der Waals surface area contributed by atoms with Crippen LogP contribution in [0, 0.1) is 6.92 Å². The lowest BCUT2D eigenvalue weighted by molar-refractivity contribution is -0.160. The molecule has 0 aliphatic carbocycles. The van der Waals surface area contributed by atoms with Crippen molar-refractivity contribution in [1.82, 2.24) is 14.6 Å². The Morgan fingerprint density at radius 1 is 1.00 bits per heavy atom. The van der Waals surface area contributed by atoms with Crippen LogP contribution in [0.5, 0.6) is 0 Å². The third kappa shape index (κ3) is 4.97. The number of aromatic nitrogens is 3. The number of carboxylic acids is 1. The van der Waals surface area contributed by atoms with Crippen LogP contribution in [0.3, 0.4) is 0 Å². The van der Waals surface area contributed by atoms with Gasteiger partial charge in [0.05, 0.1) is 42.2 Å². The SMILES string of the molecule is Cc1nc2cc(-c3cccc(-c4ccccc4)c3)nn2c(N2C3CCCC2COC3)c1[C@H](OC(C)(C)C)C(=O)O. The number of carbonyl (C=O) groups is 1. The molecule has 2 bridgehead atoms. The highest BCUT2D eigenvalue weighted by Gasteiger charge is 2.41. The van der Waals surface area contributed by atoms with Crippen molar-refractivity contribution in [2.24, 2.45) is 0 Å². The van der Waals surface area contributed by atoms with Crippen molar-refractivity contribution in [3.63, 3.8) is 0 Å². The average molecular weight is 541 g/mol. The van der Waals surface area contributed by atoms with Crippen molar-refractivity contribution in [2.45, 2.75) is 70.7 Å². The summed E-state index contributed by atoms with van der Waals surface area (Å²) in [6, 6.07) is 20.8. The first-order valence-corrected chi connectivity index (χ1v) is 14.0. The molecule has 4 aromatic rings. The summed E-state index contributed by atoms with van der Waals surface area (Å²) in [5.74, 6) is -0.288. The number of aryl methyl sites for hydroxylation is 1. The summed E-state index contributed by atoms with van der Waals surface area (Å²) in [6.07, 6.45) is 1.88. The van der Waals surface area contributed by atoms with E-state index in [0.717, 1.165) is 47.5 Å². The van der Waals surface area contributed by atoms with Crippen LogP contribution in [-0.2, 0) is 14.3 Å². The maximum absolute atomic E-state index is 12.7. The van der Waals surface area contributed by atoms with Crippen molar-refractivity contribution < 1.29 is 19.4 Å². The molecule has 208 valence electrons. The molecule has 40 heavy (non-hydrogen) atoms. The van der Waals surface area contributed by atoms with Crippen LogP contribution in [0.1, 0.15) is 57.4 Å². The smallest absolute Gasteiger partial charge is 0.337 e. The molecule has 2 aromatic carbocycles. The third-order valence-corrected chi connectivity index (χ3v) is 7.75. The second kappa shape index (κ2) is 10.3. The third-order valence-electron chi connectivity index (χ3n) is 7.75. The minimum atomic E-state index is -1.19. The summed E-state index contributed by atoms with van der Waals surface area (Å²) in [6.45, 7) is 8.70. The van der Waals surface area contributed by atoms with Gasteiger partial charge in [-0.05, 0) is 64.2 Å². The van der Waals surface area contributed by atoms with Gasteiger partial charge in [0, 0.05) is 17.3 Å². The first-order valence-electron chi connectivity index (χ1n) is 14.0. The highest BCUT2D eigenvalue weighted by atomic mass is 16.5. The predicted octanol–water partition coefficient (Wildman–Crippen LogP) is 6.07. The highest BCUT2D eigenvalue weighted by Crippen LogP contribution is 2.41. The molecule has 3 atom stereocenters. The first kappa shape index (κ1) is 26.5. The number of benzene rings is 2. The van der Waals surface area contributed by atoms with Gasteiger partial charge in [-0.25, -0.2) is 9.78 Å². The molecule has 2 aromatic heterocycles. The van der Waals surface area contributed by atoms with E-state index in [-0.39, 0.29) is 12.1 Å². The lowest BCUT2D eigenvalue weighted by Crippen LogP contribution is -2.56. The van der Waals surface area contributed by atoms with E-state index in [2.05, 4.69) is 29.2 Å². The van der Waals surface area contributed by atoms with Crippen molar-refractivity contribution in [3.05, 3.63) is 71.9 Å². The van der Waals surface area contributed by atoms with E-state index in [1.807, 2.05) is 68.6 Å². The van der Waals surface area contributed by atoms with Gasteiger partial charge in [0.15, 0.2) is 11.8 Å². The van der Waals surface area contributed by atoms with Gasteiger partial charge in [-0.1, -0.05) is 48.5 Å². The zero-order valence-corrected chi connectivity index (χ0v) is 23.5. The van der Waals surface area contributed by atoms with Gasteiger partial charge in [0.25, 0.3) is 0 Å². The van der Waals surface area contributed by atoms with E-state index in [4.69, 9.17) is 19.6 Å². The standard InChI is InChI=1S/C32H36N4O4/c1-20-28(29(31(37)38)40-32(2,3)4)30(35-24-14-9-15-25(35)19-39-18-24)36-27(33-20)17-26(34-36)23-13-8-12-22(16-23)21-10-6-5-7-11-21/h5-8,10-13,16-17,24-25,29H,9,14-15,18-19H2,1-4H3,(H,37,38)/t24?,25?,29-/m0/s1. The van der Waals surface area contributed by atoms with Crippen molar-refractivity contribution in [2.75, 3.05) is 18.1 Å². The summed E-state index contributed by atoms with van der Waals surface area (Å²) in [5.41, 5.74) is 5.19. The van der Waals surface area contributed by atoms with Crippen molar-refractivity contribution in [1.29, 1.82) is 0 Å². The number of carboxylic acid groups (broad SMARTS) is 1. The Morgan fingerprint density at radius 2 is 1.68 bits per heavy atom. The van der Waals surface area contributed by atoms with E-state index in [0.29, 0.717) is 30.1 Å². The molecule has 4 heterocycles. The van der Waals surface area contributed by atoms with Crippen LogP contribution in [0.15, 0.2) is 60.7 Å². The predicted molar refractivity (Wildman–Crippen MR) is 155 cm³/mol. The molecule has 2 unspecified atom stereocenters. The van der Waals surface area contributed by atoms with Gasteiger partial charge in [-0.2, -0.15) is 9.61 Å². The number of ether oxygens (including phenoxy) is 2. The molecule has 2 aliphatic heterocycles. The molecular weight excluding hydrogens is 504 g/mol. The van der Waals surface area contributed by atoms with E-state index in [1.165, 1.54) is 0 Å². The molecule has 2 aliphatic rings.